The zero-order valence-corrected chi connectivity index (χ0v) is 25.0. The third-order valence-corrected chi connectivity index (χ3v) is 8.03. The number of nitrogens with one attached hydrogen (secondary N) is 1. The van der Waals surface area contributed by atoms with Crippen LogP contribution >= 0.6 is 46.3 Å². The minimum Gasteiger partial charge on any atom is -0.492 e. The second kappa shape index (κ2) is 14.5. The number of hydrogen-bond donors (Lipinski definition) is 1. The van der Waals surface area contributed by atoms with Crippen LogP contribution in [0.15, 0.2) is 23.4 Å². The van der Waals surface area contributed by atoms with Gasteiger partial charge in [-0.3, -0.25) is 4.79 Å². The van der Waals surface area contributed by atoms with Gasteiger partial charge in [-0.25, -0.2) is 9.59 Å². The number of hydrogen-bond acceptors (Lipinski definition) is 10. The highest BCUT2D eigenvalue weighted by atomic mass is 35.5. The molecular weight excluding hydrogens is 587 g/mol. The maximum absolute atomic E-state index is 12.8. The first kappa shape index (κ1) is 30.7. The van der Waals surface area contributed by atoms with E-state index in [-0.39, 0.29) is 40.3 Å². The highest BCUT2D eigenvalue weighted by Crippen LogP contribution is 2.34. The summed E-state index contributed by atoms with van der Waals surface area (Å²) in [5, 5.41) is 12.9. The Morgan fingerprint density at radius 2 is 1.82 bits per heavy atom. The number of thioether (sulfide) groups is 1. The molecule has 0 aliphatic rings. The topological polar surface area (TPSA) is 122 Å². The van der Waals surface area contributed by atoms with E-state index in [2.05, 4.69) is 15.5 Å². The first-order valence-electron chi connectivity index (χ1n) is 12.0. The molecule has 0 saturated carbocycles. The summed E-state index contributed by atoms with van der Waals surface area (Å²) in [6, 6.07) is 5.05. The average molecular weight is 616 g/mol. The number of rotatable bonds is 13. The summed E-state index contributed by atoms with van der Waals surface area (Å²) < 4.78 is 17.7. The summed E-state index contributed by atoms with van der Waals surface area (Å²) in [4.78, 5) is 37.9. The average Bonchev–Trinajstić information content (AvgIpc) is 3.40. The van der Waals surface area contributed by atoms with E-state index in [4.69, 9.17) is 37.4 Å². The largest absolute Gasteiger partial charge is 0.492 e. The molecule has 39 heavy (non-hydrogen) atoms. The van der Waals surface area contributed by atoms with Crippen LogP contribution in [0.2, 0.25) is 10.0 Å². The monoisotopic (exact) mass is 614 g/mol. The van der Waals surface area contributed by atoms with Crippen LogP contribution in [0.5, 0.6) is 5.75 Å². The van der Waals surface area contributed by atoms with Gasteiger partial charge in [0.2, 0.25) is 5.91 Å². The van der Waals surface area contributed by atoms with Gasteiger partial charge in [-0.2, -0.15) is 0 Å². The number of aromatic nitrogens is 3. The molecule has 0 unspecified atom stereocenters. The fourth-order valence-electron chi connectivity index (χ4n) is 3.43. The van der Waals surface area contributed by atoms with Crippen LogP contribution in [0, 0.1) is 6.92 Å². The Morgan fingerprint density at radius 3 is 2.51 bits per heavy atom. The van der Waals surface area contributed by atoms with Gasteiger partial charge >= 0.3 is 11.9 Å². The predicted molar refractivity (Wildman–Crippen MR) is 152 cm³/mol. The van der Waals surface area contributed by atoms with Crippen LogP contribution in [0.1, 0.15) is 51.7 Å². The maximum Gasteiger partial charge on any atom is 0.348 e. The van der Waals surface area contributed by atoms with Gasteiger partial charge in [0.25, 0.3) is 0 Å². The minimum absolute atomic E-state index is 0.0120. The summed E-state index contributed by atoms with van der Waals surface area (Å²) in [7, 11) is 1.82. The van der Waals surface area contributed by atoms with Gasteiger partial charge in [0.05, 0.1) is 36.2 Å². The Hall–Kier alpha value is -2.80. The smallest absolute Gasteiger partial charge is 0.348 e. The lowest BCUT2D eigenvalue weighted by molar-refractivity contribution is -0.113. The number of anilines is 1. The molecule has 14 heteroatoms. The van der Waals surface area contributed by atoms with Gasteiger partial charge in [-0.1, -0.05) is 35.0 Å². The second-order valence-electron chi connectivity index (χ2n) is 8.02. The summed E-state index contributed by atoms with van der Waals surface area (Å²) in [5.41, 5.74) is 0.548. The zero-order chi connectivity index (χ0) is 28.5. The van der Waals surface area contributed by atoms with Crippen LogP contribution in [-0.2, 0) is 27.7 Å². The van der Waals surface area contributed by atoms with Gasteiger partial charge < -0.3 is 24.1 Å². The van der Waals surface area contributed by atoms with Crippen LogP contribution < -0.4 is 10.1 Å². The number of benzene rings is 1. The van der Waals surface area contributed by atoms with E-state index < -0.39 is 11.9 Å². The first-order chi connectivity index (χ1) is 18.7. The van der Waals surface area contributed by atoms with E-state index >= 15 is 0 Å². The van der Waals surface area contributed by atoms with E-state index in [1.807, 2.05) is 11.6 Å². The van der Waals surface area contributed by atoms with Crippen LogP contribution in [0.25, 0.3) is 0 Å². The Labute approximate surface area is 244 Å². The third kappa shape index (κ3) is 8.10. The Kier molecular flexibility index (Phi) is 11.5. The number of carbonyl (C=O) groups excluding carboxylic acids is 3. The van der Waals surface area contributed by atoms with Crippen molar-refractivity contribution in [3.8, 4) is 5.75 Å². The number of esters is 2. The number of halogens is 2. The van der Waals surface area contributed by atoms with E-state index in [0.717, 1.165) is 17.2 Å². The van der Waals surface area contributed by atoms with Crippen molar-refractivity contribution in [2.75, 3.05) is 30.9 Å². The number of thiophene rings is 1. The van der Waals surface area contributed by atoms with Gasteiger partial charge in [-0.15, -0.1) is 21.5 Å². The number of ether oxygens (including phenoxy) is 3. The summed E-state index contributed by atoms with van der Waals surface area (Å²) >= 11 is 14.2. The molecule has 0 atom stereocenters. The molecule has 1 aromatic carbocycles. The van der Waals surface area contributed by atoms with Crippen molar-refractivity contribution in [1.82, 2.24) is 14.8 Å². The van der Waals surface area contributed by atoms with E-state index in [0.29, 0.717) is 46.0 Å². The molecule has 0 aliphatic heterocycles. The van der Waals surface area contributed by atoms with E-state index in [1.54, 1.807) is 39.0 Å². The molecule has 0 saturated heterocycles. The summed E-state index contributed by atoms with van der Waals surface area (Å²) in [6.07, 6.45) is 1.28. The number of aryl methyl sites for hydroxylation is 1. The molecule has 210 valence electrons. The normalized spacial score (nSPS) is 10.8. The van der Waals surface area contributed by atoms with Crippen LogP contribution in [0.3, 0.4) is 0 Å². The SMILES string of the molecule is CCOC(=O)c1sc(NC(=O)CSc2nnc(CCCOc3ccc(Cl)cc3Cl)n2C)c(C(=O)OCC)c1C. The van der Waals surface area contributed by atoms with Gasteiger partial charge in [0.15, 0.2) is 5.16 Å². The van der Waals surface area contributed by atoms with Crippen molar-refractivity contribution in [2.45, 2.75) is 38.8 Å². The number of amides is 1. The summed E-state index contributed by atoms with van der Waals surface area (Å²) in [5.74, 6) is -0.249. The molecule has 1 N–H and O–H groups in total. The fourth-order valence-corrected chi connectivity index (χ4v) is 5.73. The van der Waals surface area contributed by atoms with Crippen molar-refractivity contribution in [3.63, 3.8) is 0 Å². The van der Waals surface area contributed by atoms with Crippen molar-refractivity contribution in [3.05, 3.63) is 50.1 Å². The molecule has 0 bridgehead atoms. The lowest BCUT2D eigenvalue weighted by Crippen LogP contribution is -2.17. The molecule has 0 spiro atoms. The lowest BCUT2D eigenvalue weighted by Gasteiger charge is -2.08. The van der Waals surface area contributed by atoms with Crippen molar-refractivity contribution >= 4 is 69.1 Å². The predicted octanol–water partition coefficient (Wildman–Crippen LogP) is 5.59. The fraction of sp³-hybridized carbons (Fsp3) is 0.400. The molecule has 3 aromatic rings. The molecule has 10 nitrogen and oxygen atoms in total. The molecule has 1 amide bonds. The zero-order valence-electron chi connectivity index (χ0n) is 21.8. The molecule has 2 aromatic heterocycles. The quantitative estimate of drug-likeness (QED) is 0.149. The van der Waals surface area contributed by atoms with E-state index in [9.17, 15) is 14.4 Å². The molecule has 0 aliphatic carbocycles. The molecule has 0 fully saturated rings. The Bertz CT molecular complexity index is 1340. The van der Waals surface area contributed by atoms with Crippen molar-refractivity contribution < 1.29 is 28.6 Å². The lowest BCUT2D eigenvalue weighted by atomic mass is 10.1. The van der Waals surface area contributed by atoms with Crippen molar-refractivity contribution in [2.24, 2.45) is 7.05 Å². The van der Waals surface area contributed by atoms with Gasteiger partial charge in [0, 0.05) is 18.5 Å². The Morgan fingerprint density at radius 1 is 1.10 bits per heavy atom. The maximum atomic E-state index is 12.8. The van der Waals surface area contributed by atoms with Gasteiger partial charge in [0.1, 0.15) is 21.5 Å². The number of nitrogens with zero attached hydrogens (tertiary/aromatic N) is 3. The standard InChI is InChI=1S/C25H28Cl2N4O6S2/c1-5-35-23(33)20-14(3)21(24(34)36-6-2)39-22(20)28-19(32)13-38-25-30-29-18(31(25)4)8-7-11-37-17-10-9-15(26)12-16(17)27/h9-10,12H,5-8,11,13H2,1-4H3,(H,28,32). The highest BCUT2D eigenvalue weighted by Gasteiger charge is 2.27. The second-order valence-corrected chi connectivity index (χ2v) is 10.8. The van der Waals surface area contributed by atoms with Crippen LogP contribution in [-0.4, -0.2) is 58.2 Å². The Balaban J connectivity index is 1.57. The number of carbonyl (C=O) groups is 3. The molecular formula is C25H28Cl2N4O6S2. The highest BCUT2D eigenvalue weighted by molar-refractivity contribution is 7.99. The molecule has 2 heterocycles. The minimum atomic E-state index is -0.620. The van der Waals surface area contributed by atoms with Crippen molar-refractivity contribution in [1.29, 1.82) is 0 Å². The molecule has 3 rings (SSSR count). The van der Waals surface area contributed by atoms with Gasteiger partial charge in [-0.05, 0) is 51.0 Å². The van der Waals surface area contributed by atoms with Crippen LogP contribution in [0.4, 0.5) is 5.00 Å². The summed E-state index contributed by atoms with van der Waals surface area (Å²) in [6.45, 7) is 5.76. The first-order valence-corrected chi connectivity index (χ1v) is 14.6. The molecule has 0 radical (unpaired) electrons. The third-order valence-electron chi connectivity index (χ3n) is 5.29. The van der Waals surface area contributed by atoms with E-state index in [1.165, 1.54) is 11.8 Å².